The van der Waals surface area contributed by atoms with Crippen LogP contribution in [-0.4, -0.2) is 16.1 Å². The highest BCUT2D eigenvalue weighted by Crippen LogP contribution is 2.37. The van der Waals surface area contributed by atoms with Crippen LogP contribution in [0.5, 0.6) is 0 Å². The van der Waals surface area contributed by atoms with E-state index in [-0.39, 0.29) is 23.2 Å². The van der Waals surface area contributed by atoms with Crippen LogP contribution < -0.4 is 10.9 Å². The van der Waals surface area contributed by atoms with Crippen LogP contribution in [-0.2, 0) is 0 Å². The number of nitrogens with zero attached hydrogens (tertiary/aromatic N) is 1. The van der Waals surface area contributed by atoms with E-state index < -0.39 is 0 Å². The quantitative estimate of drug-likeness (QED) is 0.770. The third-order valence-electron chi connectivity index (χ3n) is 4.98. The van der Waals surface area contributed by atoms with Gasteiger partial charge < -0.3 is 5.32 Å². The summed E-state index contributed by atoms with van der Waals surface area (Å²) < 4.78 is 0. The summed E-state index contributed by atoms with van der Waals surface area (Å²) in [5, 5.41) is 10.6. The van der Waals surface area contributed by atoms with Crippen molar-refractivity contribution in [2.75, 3.05) is 0 Å². The molecule has 1 atom stereocenters. The van der Waals surface area contributed by atoms with Gasteiger partial charge in [-0.15, -0.1) is 0 Å². The Kier molecular flexibility index (Phi) is 4.06. The predicted octanol–water partition coefficient (Wildman–Crippen LogP) is 3.19. The van der Waals surface area contributed by atoms with Gasteiger partial charge >= 0.3 is 0 Å². The molecule has 0 radical (unpaired) electrons. The SMILES string of the molecule is O=C(N[C@@H](c1ccccc1)C1CCC1)c1n[nH]c(=O)c2ccccc12. The molecule has 4 rings (SSSR count). The largest absolute Gasteiger partial charge is 0.344 e. The maximum Gasteiger partial charge on any atom is 0.272 e. The fraction of sp³-hybridized carbons (Fsp3) is 0.250. The molecule has 5 nitrogen and oxygen atoms in total. The molecule has 5 heteroatoms. The summed E-state index contributed by atoms with van der Waals surface area (Å²) in [5.41, 5.74) is 1.08. The first-order valence-corrected chi connectivity index (χ1v) is 8.57. The lowest BCUT2D eigenvalue weighted by Crippen LogP contribution is -2.37. The molecule has 0 aliphatic heterocycles. The number of amides is 1. The van der Waals surface area contributed by atoms with Crippen molar-refractivity contribution in [3.8, 4) is 0 Å². The van der Waals surface area contributed by atoms with Crippen molar-refractivity contribution >= 4 is 16.7 Å². The van der Waals surface area contributed by atoms with Gasteiger partial charge in [0.05, 0.1) is 11.4 Å². The molecule has 1 fully saturated rings. The van der Waals surface area contributed by atoms with E-state index in [0.717, 1.165) is 18.4 Å². The Morgan fingerprint density at radius 3 is 2.40 bits per heavy atom. The molecule has 3 aromatic rings. The fourth-order valence-corrected chi connectivity index (χ4v) is 3.40. The summed E-state index contributed by atoms with van der Waals surface area (Å²) in [7, 11) is 0. The van der Waals surface area contributed by atoms with Crippen molar-refractivity contribution in [2.45, 2.75) is 25.3 Å². The molecule has 1 aromatic heterocycles. The van der Waals surface area contributed by atoms with Crippen molar-refractivity contribution in [1.82, 2.24) is 15.5 Å². The number of nitrogens with one attached hydrogen (secondary N) is 2. The molecule has 2 aromatic carbocycles. The zero-order valence-electron chi connectivity index (χ0n) is 13.7. The normalized spacial score (nSPS) is 15.5. The summed E-state index contributed by atoms with van der Waals surface area (Å²) in [6, 6.07) is 17.0. The monoisotopic (exact) mass is 333 g/mol. The summed E-state index contributed by atoms with van der Waals surface area (Å²) in [6.45, 7) is 0. The minimum Gasteiger partial charge on any atom is -0.344 e. The van der Waals surface area contributed by atoms with Gasteiger partial charge in [0.2, 0.25) is 0 Å². The van der Waals surface area contributed by atoms with E-state index in [4.69, 9.17) is 0 Å². The molecule has 1 amide bonds. The Balaban J connectivity index is 1.69. The lowest BCUT2D eigenvalue weighted by molar-refractivity contribution is 0.0896. The zero-order valence-corrected chi connectivity index (χ0v) is 13.7. The zero-order chi connectivity index (χ0) is 17.2. The molecular weight excluding hydrogens is 314 g/mol. The highest BCUT2D eigenvalue weighted by molar-refractivity contribution is 6.04. The van der Waals surface area contributed by atoms with Crippen molar-refractivity contribution in [1.29, 1.82) is 0 Å². The summed E-state index contributed by atoms with van der Waals surface area (Å²) >= 11 is 0. The third kappa shape index (κ3) is 2.93. The third-order valence-corrected chi connectivity index (χ3v) is 4.98. The molecule has 0 unspecified atom stereocenters. The smallest absolute Gasteiger partial charge is 0.272 e. The van der Waals surface area contributed by atoms with Gasteiger partial charge in [-0.1, -0.05) is 55.0 Å². The Morgan fingerprint density at radius 1 is 1.04 bits per heavy atom. The molecule has 1 aliphatic rings. The van der Waals surface area contributed by atoms with E-state index in [1.54, 1.807) is 24.3 Å². The number of benzene rings is 2. The number of rotatable bonds is 4. The Bertz CT molecular complexity index is 961. The molecule has 25 heavy (non-hydrogen) atoms. The van der Waals surface area contributed by atoms with Crippen LogP contribution in [0.15, 0.2) is 59.4 Å². The van der Waals surface area contributed by atoms with Crippen molar-refractivity contribution in [3.63, 3.8) is 0 Å². The number of aromatic amines is 1. The van der Waals surface area contributed by atoms with Gasteiger partial charge in [-0.3, -0.25) is 9.59 Å². The van der Waals surface area contributed by atoms with Crippen molar-refractivity contribution in [2.24, 2.45) is 5.92 Å². The molecule has 2 N–H and O–H groups in total. The van der Waals surface area contributed by atoms with E-state index >= 15 is 0 Å². The molecule has 0 bridgehead atoms. The summed E-state index contributed by atoms with van der Waals surface area (Å²) in [5.74, 6) is 0.188. The average Bonchev–Trinajstić information content (AvgIpc) is 2.61. The maximum absolute atomic E-state index is 12.9. The maximum atomic E-state index is 12.9. The Morgan fingerprint density at radius 2 is 1.72 bits per heavy atom. The number of carbonyl (C=O) groups excluding carboxylic acids is 1. The highest BCUT2D eigenvalue weighted by Gasteiger charge is 2.30. The van der Waals surface area contributed by atoms with Gasteiger partial charge in [0.25, 0.3) is 11.5 Å². The van der Waals surface area contributed by atoms with Gasteiger partial charge in [0.15, 0.2) is 5.69 Å². The minimum absolute atomic E-state index is 0.0325. The second kappa shape index (κ2) is 6.51. The van der Waals surface area contributed by atoms with Crippen LogP contribution in [0.1, 0.15) is 41.4 Å². The molecule has 0 spiro atoms. The Hall–Kier alpha value is -2.95. The van der Waals surface area contributed by atoms with Crippen molar-refractivity contribution < 1.29 is 4.79 Å². The molecule has 1 heterocycles. The van der Waals surface area contributed by atoms with Crippen LogP contribution in [0.3, 0.4) is 0 Å². The van der Waals surface area contributed by atoms with E-state index in [0.29, 0.717) is 16.7 Å². The van der Waals surface area contributed by atoms with Crippen LogP contribution in [0.4, 0.5) is 0 Å². The van der Waals surface area contributed by atoms with Gasteiger partial charge in [0, 0.05) is 5.39 Å². The number of fused-ring (bicyclic) bond motifs is 1. The van der Waals surface area contributed by atoms with E-state index in [1.807, 2.05) is 30.3 Å². The topological polar surface area (TPSA) is 74.8 Å². The average molecular weight is 333 g/mol. The van der Waals surface area contributed by atoms with Gasteiger partial charge in [-0.2, -0.15) is 5.10 Å². The van der Waals surface area contributed by atoms with Gasteiger partial charge in [-0.05, 0) is 30.4 Å². The molecular formula is C20H19N3O2. The van der Waals surface area contributed by atoms with Crippen LogP contribution in [0.2, 0.25) is 0 Å². The van der Waals surface area contributed by atoms with Crippen LogP contribution in [0, 0.1) is 5.92 Å². The summed E-state index contributed by atoms with van der Waals surface area (Å²) in [4.78, 5) is 24.8. The lowest BCUT2D eigenvalue weighted by atomic mass is 9.77. The second-order valence-electron chi connectivity index (χ2n) is 6.50. The number of aromatic nitrogens is 2. The highest BCUT2D eigenvalue weighted by atomic mass is 16.2. The van der Waals surface area contributed by atoms with Crippen LogP contribution >= 0.6 is 0 Å². The summed E-state index contributed by atoms with van der Waals surface area (Å²) in [6.07, 6.45) is 3.42. The minimum atomic E-state index is -0.286. The lowest BCUT2D eigenvalue weighted by Gasteiger charge is -2.34. The van der Waals surface area contributed by atoms with E-state index in [9.17, 15) is 9.59 Å². The van der Waals surface area contributed by atoms with E-state index in [2.05, 4.69) is 15.5 Å². The predicted molar refractivity (Wildman–Crippen MR) is 96.4 cm³/mol. The second-order valence-corrected chi connectivity index (χ2v) is 6.50. The molecule has 1 aliphatic carbocycles. The first-order valence-electron chi connectivity index (χ1n) is 8.57. The molecule has 0 saturated heterocycles. The standard InChI is InChI=1S/C20H19N3O2/c24-19-16-12-5-4-11-15(16)18(22-23-19)20(25)21-17(14-9-6-10-14)13-7-2-1-3-8-13/h1-5,7-8,11-12,14,17H,6,9-10H2,(H,21,25)(H,23,24)/t17-/m0/s1. The fourth-order valence-electron chi connectivity index (χ4n) is 3.40. The van der Waals surface area contributed by atoms with E-state index in [1.165, 1.54) is 6.42 Å². The van der Waals surface area contributed by atoms with Gasteiger partial charge in [0.1, 0.15) is 0 Å². The first kappa shape index (κ1) is 15.6. The van der Waals surface area contributed by atoms with Crippen molar-refractivity contribution in [3.05, 3.63) is 76.2 Å². The Labute approximate surface area is 145 Å². The van der Waals surface area contributed by atoms with Gasteiger partial charge in [-0.25, -0.2) is 5.10 Å². The number of hydrogen-bond donors (Lipinski definition) is 2. The van der Waals surface area contributed by atoms with Crippen LogP contribution in [0.25, 0.3) is 10.8 Å². The molecule has 126 valence electrons. The number of hydrogen-bond acceptors (Lipinski definition) is 3. The number of H-pyrrole nitrogens is 1. The number of carbonyl (C=O) groups is 1. The first-order chi connectivity index (χ1) is 12.2. The molecule has 1 saturated carbocycles.